The molecule has 1 fully saturated rings. The summed E-state index contributed by atoms with van der Waals surface area (Å²) < 4.78 is 0. The molecule has 1 N–H and O–H groups in total. The highest BCUT2D eigenvalue weighted by atomic mass is 32.2. The molecule has 0 spiro atoms. The Morgan fingerprint density at radius 3 is 3.29 bits per heavy atom. The molecule has 0 saturated heterocycles. The largest absolute Gasteiger partial charge is 0.337 e. The minimum absolute atomic E-state index is 0.263. The van der Waals surface area contributed by atoms with Crippen LogP contribution in [0.2, 0.25) is 0 Å². The van der Waals surface area contributed by atoms with Crippen molar-refractivity contribution in [2.45, 2.75) is 50.4 Å². The fourth-order valence-corrected chi connectivity index (χ4v) is 5.48. The molecule has 21 heavy (non-hydrogen) atoms. The average molecular weight is 325 g/mol. The zero-order valence-electron chi connectivity index (χ0n) is 12.6. The van der Waals surface area contributed by atoms with Gasteiger partial charge >= 0.3 is 0 Å². The van der Waals surface area contributed by atoms with Crippen LogP contribution in [0.4, 0.5) is 0 Å². The van der Waals surface area contributed by atoms with Gasteiger partial charge in [-0.25, -0.2) is 0 Å². The predicted molar refractivity (Wildman–Crippen MR) is 91.0 cm³/mol. The molecule has 3 nitrogen and oxygen atoms in total. The first-order valence-corrected chi connectivity index (χ1v) is 9.88. The Morgan fingerprint density at radius 2 is 2.43 bits per heavy atom. The number of rotatable bonds is 5. The summed E-state index contributed by atoms with van der Waals surface area (Å²) in [5.41, 5.74) is 1.35. The van der Waals surface area contributed by atoms with Gasteiger partial charge in [-0.15, -0.1) is 11.3 Å². The maximum atomic E-state index is 12.4. The first kappa shape index (κ1) is 15.4. The van der Waals surface area contributed by atoms with Crippen LogP contribution in [0, 0.1) is 0 Å². The average Bonchev–Trinajstić information content (AvgIpc) is 3.13. The van der Waals surface area contributed by atoms with E-state index in [1.807, 2.05) is 28.0 Å². The fourth-order valence-electron chi connectivity index (χ4n) is 3.36. The summed E-state index contributed by atoms with van der Waals surface area (Å²) in [7, 11) is 0. The lowest BCUT2D eigenvalue weighted by atomic mass is 10.1. The van der Waals surface area contributed by atoms with E-state index in [2.05, 4.69) is 23.7 Å². The Balaban J connectivity index is 1.48. The second-order valence-electron chi connectivity index (χ2n) is 5.85. The molecule has 5 heteroatoms. The summed E-state index contributed by atoms with van der Waals surface area (Å²) >= 11 is 3.86. The topological polar surface area (TPSA) is 32.3 Å². The predicted octanol–water partition coefficient (Wildman–Crippen LogP) is 2.90. The van der Waals surface area contributed by atoms with Gasteiger partial charge in [-0.3, -0.25) is 4.79 Å². The zero-order chi connectivity index (χ0) is 14.7. The monoisotopic (exact) mass is 324 g/mol. The highest BCUT2D eigenvalue weighted by molar-refractivity contribution is 7.99. The molecular weight excluding hydrogens is 300 g/mol. The number of thioether (sulfide) groups is 1. The molecule has 0 radical (unpaired) electrons. The number of nitrogens with zero attached hydrogens (tertiary/aromatic N) is 1. The molecule has 2 aliphatic rings. The molecule has 3 rings (SSSR count). The third-order valence-corrected chi connectivity index (χ3v) is 6.86. The highest BCUT2D eigenvalue weighted by Gasteiger charge is 2.28. The van der Waals surface area contributed by atoms with Gasteiger partial charge < -0.3 is 10.2 Å². The van der Waals surface area contributed by atoms with Crippen LogP contribution >= 0.6 is 23.1 Å². The van der Waals surface area contributed by atoms with E-state index >= 15 is 0 Å². The van der Waals surface area contributed by atoms with Crippen molar-refractivity contribution in [3.63, 3.8) is 0 Å². The smallest absolute Gasteiger partial charge is 0.236 e. The molecule has 1 amide bonds. The van der Waals surface area contributed by atoms with Crippen molar-refractivity contribution in [1.29, 1.82) is 0 Å². The third kappa shape index (κ3) is 3.63. The number of thiophene rings is 1. The van der Waals surface area contributed by atoms with Crippen LogP contribution < -0.4 is 5.32 Å². The molecule has 2 heterocycles. The van der Waals surface area contributed by atoms with Crippen LogP contribution in [0.3, 0.4) is 0 Å². The third-order valence-electron chi connectivity index (χ3n) is 4.51. The molecule has 116 valence electrons. The van der Waals surface area contributed by atoms with Gasteiger partial charge in [0.2, 0.25) is 5.91 Å². The number of hydrogen-bond donors (Lipinski definition) is 1. The standard InChI is InChI=1S/C16H24N2OS2/c1-2-20-15-5-3-4-13(15)17-10-16(19)18-8-6-14-12(11-18)7-9-21-14/h7,9,13,15,17H,2-6,8,10-11H2,1H3. The summed E-state index contributed by atoms with van der Waals surface area (Å²) in [5.74, 6) is 1.43. The highest BCUT2D eigenvalue weighted by Crippen LogP contribution is 2.30. The van der Waals surface area contributed by atoms with Crippen molar-refractivity contribution >= 4 is 29.0 Å². The van der Waals surface area contributed by atoms with Gasteiger partial charge in [-0.05, 0) is 42.0 Å². The van der Waals surface area contributed by atoms with Gasteiger partial charge in [0.25, 0.3) is 0 Å². The maximum Gasteiger partial charge on any atom is 0.236 e. The van der Waals surface area contributed by atoms with Gasteiger partial charge in [-0.1, -0.05) is 13.3 Å². The van der Waals surface area contributed by atoms with E-state index in [4.69, 9.17) is 0 Å². The normalized spacial score (nSPS) is 25.1. The van der Waals surface area contributed by atoms with Gasteiger partial charge in [0.05, 0.1) is 6.54 Å². The lowest BCUT2D eigenvalue weighted by Crippen LogP contribution is -2.44. The minimum atomic E-state index is 0.263. The quantitative estimate of drug-likeness (QED) is 0.904. The number of carbonyl (C=O) groups excluding carboxylic acids is 1. The van der Waals surface area contributed by atoms with Crippen molar-refractivity contribution < 1.29 is 4.79 Å². The molecule has 2 unspecified atom stereocenters. The number of amides is 1. The van der Waals surface area contributed by atoms with Crippen molar-refractivity contribution in [3.05, 3.63) is 21.9 Å². The number of fused-ring (bicyclic) bond motifs is 1. The second-order valence-corrected chi connectivity index (χ2v) is 8.36. The summed E-state index contributed by atoms with van der Waals surface area (Å²) in [6.07, 6.45) is 4.84. The van der Waals surface area contributed by atoms with Gasteiger partial charge in [0.1, 0.15) is 0 Å². The van der Waals surface area contributed by atoms with Crippen LogP contribution in [0.25, 0.3) is 0 Å². The lowest BCUT2D eigenvalue weighted by molar-refractivity contribution is -0.131. The maximum absolute atomic E-state index is 12.4. The first-order chi connectivity index (χ1) is 10.3. The van der Waals surface area contributed by atoms with E-state index in [9.17, 15) is 4.79 Å². The summed E-state index contributed by atoms with van der Waals surface area (Å²) in [6.45, 7) is 4.41. The van der Waals surface area contributed by atoms with Crippen LogP contribution in [-0.2, 0) is 17.8 Å². The fraction of sp³-hybridized carbons (Fsp3) is 0.688. The van der Waals surface area contributed by atoms with Crippen LogP contribution in [0.5, 0.6) is 0 Å². The number of carbonyl (C=O) groups is 1. The first-order valence-electron chi connectivity index (χ1n) is 7.96. The van der Waals surface area contributed by atoms with Gasteiger partial charge in [0, 0.05) is 29.3 Å². The molecule has 1 aliphatic carbocycles. The molecule has 0 aromatic carbocycles. The summed E-state index contributed by atoms with van der Waals surface area (Å²) in [6, 6.07) is 2.69. The summed E-state index contributed by atoms with van der Waals surface area (Å²) in [5, 5.41) is 6.36. The second kappa shape index (κ2) is 7.16. The molecule has 1 aromatic heterocycles. The molecular formula is C16H24N2OS2. The van der Waals surface area contributed by atoms with Crippen LogP contribution in [-0.4, -0.2) is 40.9 Å². The molecule has 1 aliphatic heterocycles. The zero-order valence-corrected chi connectivity index (χ0v) is 14.3. The van der Waals surface area contributed by atoms with Crippen LogP contribution in [0.1, 0.15) is 36.6 Å². The van der Waals surface area contributed by atoms with Crippen LogP contribution in [0.15, 0.2) is 11.4 Å². The molecule has 2 atom stereocenters. The molecule has 0 bridgehead atoms. The Labute approximate surface area is 135 Å². The van der Waals surface area contributed by atoms with Gasteiger partial charge in [-0.2, -0.15) is 11.8 Å². The van der Waals surface area contributed by atoms with E-state index < -0.39 is 0 Å². The number of hydrogen-bond acceptors (Lipinski definition) is 4. The van der Waals surface area contributed by atoms with Crippen molar-refractivity contribution in [1.82, 2.24) is 10.2 Å². The van der Waals surface area contributed by atoms with E-state index in [1.54, 1.807) is 0 Å². The Morgan fingerprint density at radius 1 is 1.52 bits per heavy atom. The minimum Gasteiger partial charge on any atom is -0.337 e. The van der Waals surface area contributed by atoms with E-state index in [0.717, 1.165) is 19.5 Å². The van der Waals surface area contributed by atoms with Crippen molar-refractivity contribution in [3.8, 4) is 0 Å². The SMILES string of the molecule is CCSC1CCCC1NCC(=O)N1CCc2sccc2C1. The van der Waals surface area contributed by atoms with Crippen molar-refractivity contribution in [2.24, 2.45) is 0 Å². The van der Waals surface area contributed by atoms with E-state index in [-0.39, 0.29) is 5.91 Å². The van der Waals surface area contributed by atoms with E-state index in [0.29, 0.717) is 17.8 Å². The summed E-state index contributed by atoms with van der Waals surface area (Å²) in [4.78, 5) is 15.9. The van der Waals surface area contributed by atoms with Gasteiger partial charge in [0.15, 0.2) is 0 Å². The Hall–Kier alpha value is -0.520. The van der Waals surface area contributed by atoms with Crippen molar-refractivity contribution in [2.75, 3.05) is 18.8 Å². The Bertz CT molecular complexity index is 488. The lowest BCUT2D eigenvalue weighted by Gasteiger charge is -2.28. The molecule has 1 saturated carbocycles. The Kier molecular flexibility index (Phi) is 5.24. The van der Waals surface area contributed by atoms with E-state index in [1.165, 1.54) is 35.5 Å². The molecule has 1 aromatic rings. The number of nitrogens with one attached hydrogen (secondary N) is 1.